The van der Waals surface area contributed by atoms with E-state index >= 15 is 0 Å². The van der Waals surface area contributed by atoms with E-state index in [0.717, 1.165) is 33.8 Å². The van der Waals surface area contributed by atoms with Crippen LogP contribution in [0.2, 0.25) is 0 Å². The Kier molecular flexibility index (Phi) is 5.83. The minimum absolute atomic E-state index is 0.193. The number of nitrogens with one attached hydrogen (secondary N) is 1. The molecule has 33 heavy (non-hydrogen) atoms. The first-order valence-electron chi connectivity index (χ1n) is 10.9. The molecule has 0 saturated heterocycles. The predicted octanol–water partition coefficient (Wildman–Crippen LogP) is 6.54. The van der Waals surface area contributed by atoms with Crippen LogP contribution in [-0.2, 0) is 6.42 Å². The number of aromatic nitrogens is 2. The second kappa shape index (κ2) is 8.92. The summed E-state index contributed by atoms with van der Waals surface area (Å²) < 4.78 is 5.81. The van der Waals surface area contributed by atoms with Crippen LogP contribution in [0.4, 0.5) is 5.69 Å². The van der Waals surface area contributed by atoms with Gasteiger partial charge in [-0.3, -0.25) is 4.90 Å². The maximum absolute atomic E-state index is 5.83. The van der Waals surface area contributed by atoms with Crippen molar-refractivity contribution in [1.82, 2.24) is 15.5 Å². The van der Waals surface area contributed by atoms with Crippen molar-refractivity contribution >= 4 is 39.9 Å². The van der Waals surface area contributed by atoms with E-state index < -0.39 is 0 Å². The molecule has 0 amide bonds. The molecule has 0 fully saturated rings. The zero-order chi connectivity index (χ0) is 22.9. The third kappa shape index (κ3) is 4.10. The van der Waals surface area contributed by atoms with E-state index in [1.54, 1.807) is 11.3 Å². The summed E-state index contributed by atoms with van der Waals surface area (Å²) in [6.07, 6.45) is 0.994. The Hall–Kier alpha value is -3.29. The molecule has 0 saturated carbocycles. The zero-order valence-corrected chi connectivity index (χ0v) is 20.3. The van der Waals surface area contributed by atoms with Gasteiger partial charge in [0.05, 0.1) is 16.5 Å². The average molecular weight is 473 g/mol. The lowest BCUT2D eigenvalue weighted by molar-refractivity contribution is 0.404. The van der Waals surface area contributed by atoms with Crippen molar-refractivity contribution in [2.45, 2.75) is 33.2 Å². The number of rotatable bonds is 5. The largest absolute Gasteiger partial charge is 0.351 e. The predicted molar refractivity (Wildman–Crippen MR) is 138 cm³/mol. The fourth-order valence-electron chi connectivity index (χ4n) is 4.06. The molecule has 1 N–H and O–H groups in total. The Morgan fingerprint density at radius 3 is 2.48 bits per heavy atom. The van der Waals surface area contributed by atoms with E-state index in [1.165, 1.54) is 11.1 Å². The van der Waals surface area contributed by atoms with Crippen molar-refractivity contribution in [2.24, 2.45) is 0 Å². The fourth-order valence-corrected chi connectivity index (χ4v) is 5.07. The molecule has 1 aliphatic heterocycles. The van der Waals surface area contributed by atoms with Gasteiger partial charge in [0.15, 0.2) is 5.11 Å². The molecule has 0 bridgehead atoms. The van der Waals surface area contributed by atoms with Gasteiger partial charge in [-0.1, -0.05) is 60.1 Å². The third-order valence-electron chi connectivity index (χ3n) is 5.90. The van der Waals surface area contributed by atoms with E-state index in [4.69, 9.17) is 21.7 Å². The van der Waals surface area contributed by atoms with Gasteiger partial charge in [-0.15, -0.1) is 11.3 Å². The Bertz CT molecular complexity index is 1310. The second-order valence-electron chi connectivity index (χ2n) is 8.05. The van der Waals surface area contributed by atoms with Crippen LogP contribution >= 0.6 is 23.6 Å². The molecule has 1 unspecified atom stereocenters. The van der Waals surface area contributed by atoms with E-state index in [2.05, 4.69) is 79.8 Å². The van der Waals surface area contributed by atoms with Crippen molar-refractivity contribution in [3.8, 4) is 10.7 Å². The van der Waals surface area contributed by atoms with Crippen molar-refractivity contribution in [3.05, 3.63) is 94.3 Å². The van der Waals surface area contributed by atoms with E-state index in [1.807, 2.05) is 22.4 Å². The SMILES string of the molecule is CCc1ccc(C2NC(=S)N(c3ccc(C)cc3)C(C)=C2c2nc(-c3cccs3)no2)cc1. The van der Waals surface area contributed by atoms with Crippen molar-refractivity contribution < 1.29 is 4.52 Å². The normalized spacial score (nSPS) is 16.3. The summed E-state index contributed by atoms with van der Waals surface area (Å²) in [5.74, 6) is 1.09. The highest BCUT2D eigenvalue weighted by molar-refractivity contribution is 7.80. The summed E-state index contributed by atoms with van der Waals surface area (Å²) in [7, 11) is 0. The lowest BCUT2D eigenvalue weighted by Crippen LogP contribution is -2.46. The van der Waals surface area contributed by atoms with Crippen LogP contribution in [-0.4, -0.2) is 15.3 Å². The number of anilines is 1. The summed E-state index contributed by atoms with van der Waals surface area (Å²) in [6, 6.07) is 20.7. The van der Waals surface area contributed by atoms with Crippen LogP contribution in [0.3, 0.4) is 0 Å². The van der Waals surface area contributed by atoms with Gasteiger partial charge in [0.1, 0.15) is 0 Å². The Morgan fingerprint density at radius 1 is 1.06 bits per heavy atom. The molecule has 1 atom stereocenters. The number of hydrogen-bond acceptors (Lipinski definition) is 5. The Labute approximate surface area is 202 Å². The first-order chi connectivity index (χ1) is 16.0. The first-order valence-corrected chi connectivity index (χ1v) is 12.2. The average Bonchev–Trinajstić information content (AvgIpc) is 3.52. The lowest BCUT2D eigenvalue weighted by Gasteiger charge is -2.37. The van der Waals surface area contributed by atoms with E-state index in [0.29, 0.717) is 16.8 Å². The van der Waals surface area contributed by atoms with Gasteiger partial charge in [-0.2, -0.15) is 4.98 Å². The molecule has 0 spiro atoms. The highest BCUT2D eigenvalue weighted by Gasteiger charge is 2.34. The summed E-state index contributed by atoms with van der Waals surface area (Å²) in [6.45, 7) is 6.29. The van der Waals surface area contributed by atoms with Gasteiger partial charge < -0.3 is 9.84 Å². The molecule has 7 heteroatoms. The number of benzene rings is 2. The van der Waals surface area contributed by atoms with Crippen molar-refractivity contribution in [3.63, 3.8) is 0 Å². The molecule has 0 aliphatic carbocycles. The zero-order valence-electron chi connectivity index (χ0n) is 18.7. The molecule has 2 aromatic heterocycles. The number of thiophene rings is 1. The number of allylic oxidation sites excluding steroid dienone is 1. The van der Waals surface area contributed by atoms with Gasteiger partial charge in [0.25, 0.3) is 5.89 Å². The highest BCUT2D eigenvalue weighted by atomic mass is 32.1. The minimum atomic E-state index is -0.193. The monoisotopic (exact) mass is 472 g/mol. The molecule has 0 radical (unpaired) electrons. The Balaban J connectivity index is 1.64. The van der Waals surface area contributed by atoms with Crippen LogP contribution in [0.15, 0.2) is 76.3 Å². The molecule has 2 aromatic carbocycles. The van der Waals surface area contributed by atoms with Crippen molar-refractivity contribution in [1.29, 1.82) is 0 Å². The van der Waals surface area contributed by atoms with Gasteiger partial charge >= 0.3 is 0 Å². The number of nitrogens with zero attached hydrogens (tertiary/aromatic N) is 3. The first kappa shape index (κ1) is 21.6. The van der Waals surface area contributed by atoms with Gasteiger partial charge in [-0.25, -0.2) is 0 Å². The number of thiocarbonyl (C=S) groups is 1. The summed E-state index contributed by atoms with van der Waals surface area (Å²) in [4.78, 5) is 7.78. The van der Waals surface area contributed by atoms with Crippen LogP contribution < -0.4 is 10.2 Å². The van der Waals surface area contributed by atoms with Crippen molar-refractivity contribution in [2.75, 3.05) is 4.90 Å². The van der Waals surface area contributed by atoms with E-state index in [9.17, 15) is 0 Å². The topological polar surface area (TPSA) is 54.2 Å². The molecule has 3 heterocycles. The van der Waals surface area contributed by atoms with Gasteiger partial charge in [0.2, 0.25) is 5.82 Å². The molecule has 5 rings (SSSR count). The standard InChI is InChI=1S/C26H24N4OS2/c1-4-18-9-11-19(12-10-18)23-22(25-28-24(29-31-25)21-6-5-15-33-21)17(3)30(26(32)27-23)20-13-7-16(2)8-14-20/h5-15,23H,4H2,1-3H3,(H,27,32). The second-order valence-corrected chi connectivity index (χ2v) is 9.38. The molecule has 166 valence electrons. The van der Waals surface area contributed by atoms with Crippen LogP contribution in [0.25, 0.3) is 16.3 Å². The third-order valence-corrected chi connectivity index (χ3v) is 7.06. The minimum Gasteiger partial charge on any atom is -0.351 e. The molecular weight excluding hydrogens is 448 g/mol. The van der Waals surface area contributed by atoms with Crippen LogP contribution in [0.1, 0.15) is 42.5 Å². The number of aryl methyl sites for hydroxylation is 2. The molecule has 1 aliphatic rings. The van der Waals surface area contributed by atoms with Crippen LogP contribution in [0.5, 0.6) is 0 Å². The molecular formula is C26H24N4OS2. The highest BCUT2D eigenvalue weighted by Crippen LogP contribution is 2.39. The maximum atomic E-state index is 5.83. The molecule has 5 nitrogen and oxygen atoms in total. The fraction of sp³-hybridized carbons (Fsp3) is 0.192. The smallest absolute Gasteiger partial charge is 0.258 e. The van der Waals surface area contributed by atoms with E-state index in [-0.39, 0.29) is 6.04 Å². The number of hydrogen-bond donors (Lipinski definition) is 1. The summed E-state index contributed by atoms with van der Waals surface area (Å²) >= 11 is 7.42. The van der Waals surface area contributed by atoms with Gasteiger partial charge in [0, 0.05) is 11.4 Å². The quantitative estimate of drug-likeness (QED) is 0.333. The summed E-state index contributed by atoms with van der Waals surface area (Å²) in [5, 5.41) is 10.4. The van der Waals surface area contributed by atoms with Gasteiger partial charge in [-0.05, 0) is 67.2 Å². The lowest BCUT2D eigenvalue weighted by atomic mass is 9.93. The molecule has 4 aromatic rings. The summed E-state index contributed by atoms with van der Waals surface area (Å²) in [5.41, 5.74) is 6.47. The van der Waals surface area contributed by atoms with Crippen LogP contribution in [0, 0.1) is 6.92 Å². The Morgan fingerprint density at radius 2 is 1.82 bits per heavy atom. The maximum Gasteiger partial charge on any atom is 0.258 e.